The van der Waals surface area contributed by atoms with Crippen molar-refractivity contribution in [1.82, 2.24) is 25.1 Å². The number of rotatable bonds is 3. The summed E-state index contributed by atoms with van der Waals surface area (Å²) < 4.78 is 5.54. The van der Waals surface area contributed by atoms with E-state index >= 15 is 0 Å². The summed E-state index contributed by atoms with van der Waals surface area (Å²) in [5.41, 5.74) is 2.86. The van der Waals surface area contributed by atoms with Crippen LogP contribution in [0.2, 0.25) is 0 Å². The molecule has 2 saturated heterocycles. The molecule has 3 aliphatic heterocycles. The number of anilines is 3. The van der Waals surface area contributed by atoms with Crippen LogP contribution in [0.3, 0.4) is 0 Å². The Morgan fingerprint density at radius 2 is 1.88 bits per heavy atom. The Morgan fingerprint density at radius 1 is 1.07 bits per heavy atom. The maximum atomic E-state index is 12.5. The van der Waals surface area contributed by atoms with Gasteiger partial charge in [-0.2, -0.15) is 0 Å². The lowest BCUT2D eigenvalue weighted by Crippen LogP contribution is -2.58. The number of carbonyl (C=O) groups is 1. The summed E-state index contributed by atoms with van der Waals surface area (Å²) >= 11 is 0. The number of nitrogens with one attached hydrogen (secondary N) is 1. The summed E-state index contributed by atoms with van der Waals surface area (Å²) in [6.07, 6.45) is 3.32. The molecule has 0 unspecified atom stereocenters. The molecule has 3 aromatic rings. The molecule has 11 heteroatoms. The van der Waals surface area contributed by atoms with E-state index < -0.39 is 5.60 Å². The Bertz CT molecular complexity index is 1390. The number of amides is 1. The van der Waals surface area contributed by atoms with Crippen molar-refractivity contribution in [3.8, 4) is 17.0 Å². The first-order valence-corrected chi connectivity index (χ1v) is 14.0. The number of aromatic nitrogens is 4. The molecule has 6 rings (SSSR count). The Hall–Kier alpha value is -4.15. The molecule has 2 fully saturated rings. The van der Waals surface area contributed by atoms with Gasteiger partial charge in [-0.1, -0.05) is 12.1 Å². The number of hydrogen-bond donors (Lipinski definition) is 2. The Morgan fingerprint density at radius 3 is 2.65 bits per heavy atom. The summed E-state index contributed by atoms with van der Waals surface area (Å²) in [5.74, 6) is 1.99. The van der Waals surface area contributed by atoms with Gasteiger partial charge in [-0.3, -0.25) is 0 Å². The standard InChI is InChI=1S/C29H36N8O3/c1-29(2,3)40-28(39)35-12-9-19(10-13-35)22-8-11-30-27(32-22)36-14-15-37-20(18-36)17-31-26-24(37)16-23(33-34-26)21-6-4-5-7-25(21)38/h4-8,11,16,19-20,38H,9-10,12-15,17-18H2,1-3H3,(H,31,34)/t20-/m0/s1. The first-order chi connectivity index (χ1) is 19.2. The highest BCUT2D eigenvalue weighted by Gasteiger charge is 2.34. The lowest BCUT2D eigenvalue weighted by atomic mass is 9.93. The SMILES string of the molecule is CC(C)(C)OC(=O)N1CCC(c2ccnc(N3CCN4c5cc(-c6ccccc6O)nnc5NC[C@H]4C3)n2)CC1. The normalized spacial score (nSPS) is 19.5. The lowest BCUT2D eigenvalue weighted by Gasteiger charge is -2.45. The molecule has 0 aliphatic carbocycles. The number of nitrogens with zero attached hydrogens (tertiary/aromatic N) is 7. The Kier molecular flexibility index (Phi) is 6.81. The third-order valence-electron chi connectivity index (χ3n) is 7.76. The summed E-state index contributed by atoms with van der Waals surface area (Å²) in [7, 11) is 0. The van der Waals surface area contributed by atoms with Crippen LogP contribution in [-0.4, -0.2) is 87.2 Å². The maximum Gasteiger partial charge on any atom is 0.410 e. The van der Waals surface area contributed by atoms with Gasteiger partial charge in [0, 0.05) is 62.6 Å². The fourth-order valence-corrected chi connectivity index (χ4v) is 5.72. The van der Waals surface area contributed by atoms with Gasteiger partial charge < -0.3 is 29.9 Å². The van der Waals surface area contributed by atoms with E-state index in [1.165, 1.54) is 0 Å². The number of benzene rings is 1. The molecule has 0 bridgehead atoms. The number of fused-ring (bicyclic) bond motifs is 3. The van der Waals surface area contributed by atoms with Gasteiger partial charge in [-0.25, -0.2) is 14.8 Å². The van der Waals surface area contributed by atoms with Crippen molar-refractivity contribution in [2.75, 3.05) is 54.4 Å². The average molecular weight is 545 g/mol. The molecule has 11 nitrogen and oxygen atoms in total. The number of piperazine rings is 1. The fourth-order valence-electron chi connectivity index (χ4n) is 5.72. The first-order valence-electron chi connectivity index (χ1n) is 14.0. The van der Waals surface area contributed by atoms with Gasteiger partial charge in [0.2, 0.25) is 5.95 Å². The van der Waals surface area contributed by atoms with E-state index in [1.807, 2.05) is 51.2 Å². The van der Waals surface area contributed by atoms with E-state index in [-0.39, 0.29) is 23.8 Å². The minimum atomic E-state index is -0.490. The second-order valence-corrected chi connectivity index (χ2v) is 11.7. The Balaban J connectivity index is 1.12. The Labute approximate surface area is 234 Å². The number of phenolic OH excluding ortho intramolecular Hbond substituents is 1. The van der Waals surface area contributed by atoms with Gasteiger partial charge in [-0.15, -0.1) is 10.2 Å². The molecule has 3 aliphatic rings. The third-order valence-corrected chi connectivity index (χ3v) is 7.76. The molecule has 210 valence electrons. The van der Waals surface area contributed by atoms with Crippen molar-refractivity contribution < 1.29 is 14.6 Å². The monoisotopic (exact) mass is 544 g/mol. The summed E-state index contributed by atoms with van der Waals surface area (Å²) in [6.45, 7) is 10.1. The highest BCUT2D eigenvalue weighted by atomic mass is 16.6. The van der Waals surface area contributed by atoms with Gasteiger partial charge >= 0.3 is 6.09 Å². The number of para-hydroxylation sites is 1. The van der Waals surface area contributed by atoms with Crippen LogP contribution in [0.1, 0.15) is 45.2 Å². The molecular weight excluding hydrogens is 508 g/mol. The number of phenols is 1. The molecule has 2 N–H and O–H groups in total. The van der Waals surface area contributed by atoms with Gasteiger partial charge in [-0.05, 0) is 57.9 Å². The van der Waals surface area contributed by atoms with Crippen molar-refractivity contribution in [3.63, 3.8) is 0 Å². The highest BCUT2D eigenvalue weighted by molar-refractivity contribution is 5.76. The second kappa shape index (κ2) is 10.4. The summed E-state index contributed by atoms with van der Waals surface area (Å²) in [6, 6.07) is 11.4. The van der Waals surface area contributed by atoms with Crippen LogP contribution in [0.15, 0.2) is 42.6 Å². The molecule has 0 radical (unpaired) electrons. The topological polar surface area (TPSA) is 120 Å². The van der Waals surface area contributed by atoms with Crippen molar-refractivity contribution in [1.29, 1.82) is 0 Å². The van der Waals surface area contributed by atoms with Crippen LogP contribution in [0.5, 0.6) is 5.75 Å². The smallest absolute Gasteiger partial charge is 0.410 e. The van der Waals surface area contributed by atoms with E-state index in [4.69, 9.17) is 9.72 Å². The highest BCUT2D eigenvalue weighted by Crippen LogP contribution is 2.36. The summed E-state index contributed by atoms with van der Waals surface area (Å²) in [5, 5.41) is 22.5. The van der Waals surface area contributed by atoms with Crippen molar-refractivity contribution >= 4 is 23.5 Å². The summed E-state index contributed by atoms with van der Waals surface area (Å²) in [4.78, 5) is 28.5. The van der Waals surface area contributed by atoms with Crippen molar-refractivity contribution in [3.05, 3.63) is 48.3 Å². The van der Waals surface area contributed by atoms with E-state index in [9.17, 15) is 9.90 Å². The quantitative estimate of drug-likeness (QED) is 0.503. The molecule has 1 atom stereocenters. The van der Waals surface area contributed by atoms with Crippen LogP contribution in [-0.2, 0) is 4.74 Å². The number of piperidine rings is 1. The van der Waals surface area contributed by atoms with Gasteiger partial charge in [0.05, 0.1) is 17.4 Å². The molecule has 40 heavy (non-hydrogen) atoms. The van der Waals surface area contributed by atoms with E-state index in [2.05, 4.69) is 30.3 Å². The van der Waals surface area contributed by atoms with Crippen LogP contribution in [0, 0.1) is 0 Å². The number of ether oxygens (including phenoxy) is 1. The number of aromatic hydroxyl groups is 1. The van der Waals surface area contributed by atoms with Crippen LogP contribution < -0.4 is 15.1 Å². The molecule has 0 saturated carbocycles. The zero-order valence-corrected chi connectivity index (χ0v) is 23.2. The number of hydrogen-bond acceptors (Lipinski definition) is 10. The minimum absolute atomic E-state index is 0.189. The van der Waals surface area contributed by atoms with Crippen LogP contribution in [0.25, 0.3) is 11.3 Å². The second-order valence-electron chi connectivity index (χ2n) is 11.7. The predicted octanol–water partition coefficient (Wildman–Crippen LogP) is 3.87. The zero-order valence-electron chi connectivity index (χ0n) is 23.2. The van der Waals surface area contributed by atoms with E-state index in [0.717, 1.165) is 62.2 Å². The van der Waals surface area contributed by atoms with E-state index in [0.29, 0.717) is 24.3 Å². The average Bonchev–Trinajstić information content (AvgIpc) is 2.96. The molecule has 1 amide bonds. The molecular formula is C29H36N8O3. The lowest BCUT2D eigenvalue weighted by molar-refractivity contribution is 0.0204. The van der Waals surface area contributed by atoms with Gasteiger partial charge in [0.25, 0.3) is 0 Å². The van der Waals surface area contributed by atoms with Crippen LogP contribution >= 0.6 is 0 Å². The third kappa shape index (κ3) is 5.32. The van der Waals surface area contributed by atoms with Crippen molar-refractivity contribution in [2.45, 2.75) is 51.2 Å². The van der Waals surface area contributed by atoms with Gasteiger partial charge in [0.15, 0.2) is 5.82 Å². The minimum Gasteiger partial charge on any atom is -0.507 e. The van der Waals surface area contributed by atoms with Crippen LogP contribution in [0.4, 0.5) is 22.2 Å². The largest absolute Gasteiger partial charge is 0.507 e. The maximum absolute atomic E-state index is 12.5. The van der Waals surface area contributed by atoms with E-state index in [1.54, 1.807) is 17.0 Å². The molecule has 1 aromatic carbocycles. The van der Waals surface area contributed by atoms with Gasteiger partial charge in [0.1, 0.15) is 11.4 Å². The fraction of sp³-hybridized carbons (Fsp3) is 0.483. The molecule has 5 heterocycles. The zero-order chi connectivity index (χ0) is 27.9. The van der Waals surface area contributed by atoms with Crippen molar-refractivity contribution in [2.24, 2.45) is 0 Å². The number of carbonyl (C=O) groups excluding carboxylic acids is 1. The molecule has 2 aromatic heterocycles. The number of likely N-dealkylation sites (tertiary alicyclic amines) is 1. The first kappa shape index (κ1) is 26.1. The molecule has 0 spiro atoms. The predicted molar refractivity (Wildman–Crippen MR) is 153 cm³/mol.